The minimum Gasteiger partial charge on any atom is -0.478 e. The van der Waals surface area contributed by atoms with Crippen LogP contribution in [-0.2, 0) is 4.79 Å². The summed E-state index contributed by atoms with van der Waals surface area (Å²) in [4.78, 5) is 39.2. The summed E-state index contributed by atoms with van der Waals surface area (Å²) in [7, 11) is 0. The second-order valence-electron chi connectivity index (χ2n) is 6.79. The lowest BCUT2D eigenvalue weighted by molar-refractivity contribution is -0.116. The fourth-order valence-corrected chi connectivity index (χ4v) is 3.76. The van der Waals surface area contributed by atoms with E-state index in [2.05, 4.69) is 30.4 Å². The first kappa shape index (κ1) is 17.0. The molecule has 3 N–H and O–H groups in total. The number of amides is 1. The lowest BCUT2D eigenvalue weighted by Gasteiger charge is -2.24. The van der Waals surface area contributed by atoms with Gasteiger partial charge in [0.15, 0.2) is 11.5 Å². The number of aryl methyl sites for hydroxylation is 1. The molecule has 1 aromatic carbocycles. The Balaban J connectivity index is 1.67. The van der Waals surface area contributed by atoms with E-state index in [1.807, 2.05) is 6.92 Å². The van der Waals surface area contributed by atoms with Crippen LogP contribution in [0, 0.1) is 6.92 Å². The van der Waals surface area contributed by atoms with Gasteiger partial charge in [-0.2, -0.15) is 9.78 Å². The number of imidazole rings is 1. The van der Waals surface area contributed by atoms with Crippen LogP contribution in [-0.4, -0.2) is 46.7 Å². The van der Waals surface area contributed by atoms with E-state index >= 15 is 0 Å². The summed E-state index contributed by atoms with van der Waals surface area (Å²) in [5.41, 5.74) is 3.78. The van der Waals surface area contributed by atoms with Crippen molar-refractivity contribution in [2.24, 2.45) is 0 Å². The first-order chi connectivity index (χ1) is 14.0. The van der Waals surface area contributed by atoms with Gasteiger partial charge in [0, 0.05) is 17.9 Å². The summed E-state index contributed by atoms with van der Waals surface area (Å²) in [5.74, 6) is -0.357. The monoisotopic (exact) mass is 389 g/mol. The number of nitrogens with one attached hydrogen (secondary N) is 2. The molecule has 0 spiro atoms. The van der Waals surface area contributed by atoms with Crippen LogP contribution in [0.25, 0.3) is 17.0 Å². The molecule has 0 aliphatic carbocycles. The highest BCUT2D eigenvalue weighted by Crippen LogP contribution is 2.40. The summed E-state index contributed by atoms with van der Waals surface area (Å²) in [6.45, 7) is 1.87. The topological polar surface area (TPSA) is 139 Å². The Morgan fingerprint density at radius 3 is 2.76 bits per heavy atom. The van der Waals surface area contributed by atoms with Crippen LogP contribution in [0.4, 0.5) is 5.82 Å². The normalized spacial score (nSPS) is 15.9. The fourth-order valence-electron chi connectivity index (χ4n) is 3.76. The maximum Gasteiger partial charge on any atom is 0.335 e. The number of carboxylic acid groups (broad SMARTS) is 1. The molecule has 1 atom stereocenters. The summed E-state index contributed by atoms with van der Waals surface area (Å²) >= 11 is 0. The van der Waals surface area contributed by atoms with E-state index in [9.17, 15) is 9.59 Å². The molecule has 4 aromatic rings. The molecular formula is C19H15N7O3. The van der Waals surface area contributed by atoms with Crippen molar-refractivity contribution in [2.75, 3.05) is 5.32 Å². The van der Waals surface area contributed by atoms with Gasteiger partial charge in [-0.25, -0.2) is 19.7 Å². The number of aromatic nitrogens is 6. The smallest absolute Gasteiger partial charge is 0.335 e. The number of carboxylic acids is 1. The molecule has 0 radical (unpaired) electrons. The van der Waals surface area contributed by atoms with Crippen LogP contribution in [0.2, 0.25) is 0 Å². The van der Waals surface area contributed by atoms with Crippen molar-refractivity contribution in [1.29, 1.82) is 0 Å². The van der Waals surface area contributed by atoms with Gasteiger partial charge in [-0.15, -0.1) is 0 Å². The number of fused-ring (bicyclic) bond motifs is 2. The Morgan fingerprint density at radius 1 is 1.21 bits per heavy atom. The predicted molar refractivity (Wildman–Crippen MR) is 102 cm³/mol. The van der Waals surface area contributed by atoms with Gasteiger partial charge in [0.1, 0.15) is 17.7 Å². The fraction of sp³-hybridized carbons (Fsp3) is 0.158. The van der Waals surface area contributed by atoms with E-state index in [0.29, 0.717) is 22.8 Å². The van der Waals surface area contributed by atoms with Gasteiger partial charge in [-0.05, 0) is 24.6 Å². The molecule has 1 amide bonds. The van der Waals surface area contributed by atoms with Crippen LogP contribution in [0.1, 0.15) is 39.5 Å². The number of aromatic carboxylic acids is 1. The number of H-pyrrole nitrogens is 1. The van der Waals surface area contributed by atoms with Crippen molar-refractivity contribution in [3.05, 3.63) is 59.3 Å². The maximum atomic E-state index is 12.5. The number of benzene rings is 1. The van der Waals surface area contributed by atoms with E-state index in [0.717, 1.165) is 16.8 Å². The first-order valence-electron chi connectivity index (χ1n) is 8.90. The number of rotatable bonds is 3. The molecule has 1 aliphatic heterocycles. The number of hydrogen-bond donors (Lipinski definition) is 3. The minimum absolute atomic E-state index is 0.152. The largest absolute Gasteiger partial charge is 0.478 e. The third-order valence-corrected chi connectivity index (χ3v) is 5.07. The van der Waals surface area contributed by atoms with Gasteiger partial charge in [0.05, 0.1) is 17.6 Å². The van der Waals surface area contributed by atoms with E-state index in [1.54, 1.807) is 28.9 Å². The lowest BCUT2D eigenvalue weighted by Crippen LogP contribution is -2.25. The second kappa shape index (κ2) is 6.23. The molecule has 144 valence electrons. The van der Waals surface area contributed by atoms with Gasteiger partial charge in [0.25, 0.3) is 0 Å². The second-order valence-corrected chi connectivity index (χ2v) is 6.79. The van der Waals surface area contributed by atoms with Gasteiger partial charge in [0.2, 0.25) is 5.91 Å². The van der Waals surface area contributed by atoms with Crippen molar-refractivity contribution in [1.82, 2.24) is 29.7 Å². The molecule has 0 bridgehead atoms. The van der Waals surface area contributed by atoms with E-state index in [-0.39, 0.29) is 23.8 Å². The third-order valence-electron chi connectivity index (χ3n) is 5.07. The molecule has 4 heterocycles. The molecule has 10 heteroatoms. The Labute approximate surface area is 163 Å². The third kappa shape index (κ3) is 2.64. The van der Waals surface area contributed by atoms with Crippen LogP contribution < -0.4 is 5.32 Å². The summed E-state index contributed by atoms with van der Waals surface area (Å²) in [6.07, 6.45) is 3.17. The van der Waals surface area contributed by atoms with Gasteiger partial charge < -0.3 is 15.4 Å². The molecule has 0 saturated heterocycles. The SMILES string of the molecule is Cc1nn(-c2ncnc3nc[nH]c23)c2c1[C@H](c1ccc(C(=O)O)cc1)CC(=O)N2. The molecule has 1 aliphatic rings. The minimum atomic E-state index is -0.991. The zero-order valence-corrected chi connectivity index (χ0v) is 15.2. The quantitative estimate of drug-likeness (QED) is 0.487. The zero-order chi connectivity index (χ0) is 20.1. The predicted octanol–water partition coefficient (Wildman–Crippen LogP) is 2.02. The molecule has 29 heavy (non-hydrogen) atoms. The van der Waals surface area contributed by atoms with Crippen molar-refractivity contribution in [3.63, 3.8) is 0 Å². The van der Waals surface area contributed by atoms with Crippen molar-refractivity contribution < 1.29 is 14.7 Å². The zero-order valence-electron chi connectivity index (χ0n) is 15.2. The van der Waals surface area contributed by atoms with Gasteiger partial charge >= 0.3 is 5.97 Å². The molecular weight excluding hydrogens is 374 g/mol. The van der Waals surface area contributed by atoms with Crippen LogP contribution in [0.15, 0.2) is 36.9 Å². The molecule has 10 nitrogen and oxygen atoms in total. The highest BCUT2D eigenvalue weighted by molar-refractivity contribution is 5.95. The molecule has 0 saturated carbocycles. The summed E-state index contributed by atoms with van der Waals surface area (Å²) in [6, 6.07) is 6.57. The molecule has 0 unspecified atom stereocenters. The molecule has 5 rings (SSSR count). The number of aromatic amines is 1. The van der Waals surface area contributed by atoms with Gasteiger partial charge in [-0.1, -0.05) is 12.1 Å². The lowest BCUT2D eigenvalue weighted by atomic mass is 9.85. The van der Waals surface area contributed by atoms with Crippen LogP contribution in [0.5, 0.6) is 0 Å². The number of anilines is 1. The molecule has 3 aromatic heterocycles. The number of hydrogen-bond acceptors (Lipinski definition) is 6. The number of nitrogens with zero attached hydrogens (tertiary/aromatic N) is 5. The van der Waals surface area contributed by atoms with E-state index < -0.39 is 5.97 Å². The van der Waals surface area contributed by atoms with Crippen molar-refractivity contribution >= 4 is 28.9 Å². The Hall–Kier alpha value is -4.08. The summed E-state index contributed by atoms with van der Waals surface area (Å²) < 4.78 is 1.59. The highest BCUT2D eigenvalue weighted by atomic mass is 16.4. The van der Waals surface area contributed by atoms with Crippen LogP contribution >= 0.6 is 0 Å². The van der Waals surface area contributed by atoms with E-state index in [4.69, 9.17) is 5.11 Å². The maximum absolute atomic E-state index is 12.5. The number of carbonyl (C=O) groups is 2. The highest BCUT2D eigenvalue weighted by Gasteiger charge is 2.33. The first-order valence-corrected chi connectivity index (χ1v) is 8.90. The number of carbonyl (C=O) groups excluding carboxylic acids is 1. The standard InChI is InChI=1S/C19H15N7O3/c1-9-14-12(10-2-4-11(5-3-10)19(28)29)6-13(27)24-17(14)26(25-9)18-15-16(21-7-20-15)22-8-23-18/h2-5,7-8,12H,6H2,1H3,(H,24,27)(H,28,29)(H,20,21,22,23)/t12-/m0/s1. The molecule has 0 fully saturated rings. The Morgan fingerprint density at radius 2 is 2.00 bits per heavy atom. The average molecular weight is 389 g/mol. The van der Waals surface area contributed by atoms with Crippen LogP contribution in [0.3, 0.4) is 0 Å². The van der Waals surface area contributed by atoms with E-state index in [1.165, 1.54) is 12.7 Å². The van der Waals surface area contributed by atoms with Gasteiger partial charge in [-0.3, -0.25) is 4.79 Å². The summed E-state index contributed by atoms with van der Waals surface area (Å²) in [5, 5.41) is 16.7. The Bertz CT molecular complexity index is 1270. The van der Waals surface area contributed by atoms with Crippen molar-refractivity contribution in [3.8, 4) is 5.82 Å². The Kier molecular flexibility index (Phi) is 3.66. The average Bonchev–Trinajstić information content (AvgIpc) is 3.32. The van der Waals surface area contributed by atoms with Crippen molar-refractivity contribution in [2.45, 2.75) is 19.3 Å².